The van der Waals surface area contributed by atoms with Crippen molar-refractivity contribution in [3.63, 3.8) is 0 Å². The number of halogens is 1. The number of ketones is 1. The summed E-state index contributed by atoms with van der Waals surface area (Å²) in [5.41, 5.74) is 1.44. The van der Waals surface area contributed by atoms with E-state index >= 15 is 0 Å². The lowest BCUT2D eigenvalue weighted by Gasteiger charge is -2.06. The van der Waals surface area contributed by atoms with Crippen LogP contribution in [0.2, 0.25) is 0 Å². The molecule has 2 rings (SSSR count). The third-order valence-electron chi connectivity index (χ3n) is 2.76. The molecule has 0 saturated heterocycles. The van der Waals surface area contributed by atoms with Crippen LogP contribution in [-0.4, -0.2) is 10.7 Å². The second kappa shape index (κ2) is 5.32. The Hall–Kier alpha value is -2.01. The molecular weight excluding hydrogens is 310 g/mol. The van der Waals surface area contributed by atoms with Crippen molar-refractivity contribution in [3.05, 3.63) is 73.7 Å². The topological polar surface area (TPSA) is 60.2 Å². The maximum atomic E-state index is 12.3. The molecule has 2 aromatic carbocycles. The SMILES string of the molecule is Cc1cc(C(=O)c2ccccc2)c(Br)cc1[N+](=O)[O-]. The van der Waals surface area contributed by atoms with Crippen LogP contribution < -0.4 is 0 Å². The van der Waals surface area contributed by atoms with Crippen LogP contribution in [0.25, 0.3) is 0 Å². The molecule has 2 aromatic rings. The molecule has 96 valence electrons. The highest BCUT2D eigenvalue weighted by Gasteiger charge is 2.18. The first-order valence-corrected chi connectivity index (χ1v) is 6.34. The monoisotopic (exact) mass is 319 g/mol. The van der Waals surface area contributed by atoms with E-state index in [1.807, 2.05) is 6.07 Å². The number of carbonyl (C=O) groups is 1. The van der Waals surface area contributed by atoms with Crippen LogP contribution in [0, 0.1) is 17.0 Å². The lowest BCUT2D eigenvalue weighted by molar-refractivity contribution is -0.385. The van der Waals surface area contributed by atoms with Crippen molar-refractivity contribution in [2.45, 2.75) is 6.92 Å². The van der Waals surface area contributed by atoms with Gasteiger partial charge in [0.25, 0.3) is 5.69 Å². The molecule has 0 radical (unpaired) electrons. The van der Waals surface area contributed by atoms with E-state index in [0.717, 1.165) is 0 Å². The quantitative estimate of drug-likeness (QED) is 0.489. The zero-order valence-corrected chi connectivity index (χ0v) is 11.7. The summed E-state index contributed by atoms with van der Waals surface area (Å²) in [5.74, 6) is -0.162. The minimum atomic E-state index is -0.461. The molecule has 19 heavy (non-hydrogen) atoms. The summed E-state index contributed by atoms with van der Waals surface area (Å²) < 4.78 is 0.429. The normalized spacial score (nSPS) is 10.2. The van der Waals surface area contributed by atoms with Gasteiger partial charge in [0.15, 0.2) is 5.78 Å². The summed E-state index contributed by atoms with van der Waals surface area (Å²) in [6, 6.07) is 11.7. The maximum Gasteiger partial charge on any atom is 0.273 e. The van der Waals surface area contributed by atoms with E-state index in [9.17, 15) is 14.9 Å². The average Bonchev–Trinajstić information content (AvgIpc) is 2.41. The highest BCUT2D eigenvalue weighted by Crippen LogP contribution is 2.28. The van der Waals surface area contributed by atoms with E-state index < -0.39 is 4.92 Å². The molecule has 5 heteroatoms. The van der Waals surface area contributed by atoms with Gasteiger partial charge in [-0.15, -0.1) is 0 Å². The number of carbonyl (C=O) groups excluding carboxylic acids is 1. The number of rotatable bonds is 3. The third-order valence-corrected chi connectivity index (χ3v) is 3.42. The second-order valence-electron chi connectivity index (χ2n) is 4.07. The first kappa shape index (κ1) is 13.4. The Morgan fingerprint density at radius 1 is 1.21 bits per heavy atom. The Morgan fingerprint density at radius 3 is 2.42 bits per heavy atom. The van der Waals surface area contributed by atoms with Gasteiger partial charge >= 0.3 is 0 Å². The van der Waals surface area contributed by atoms with Crippen LogP contribution in [0.4, 0.5) is 5.69 Å². The highest BCUT2D eigenvalue weighted by molar-refractivity contribution is 9.10. The third kappa shape index (κ3) is 2.71. The van der Waals surface area contributed by atoms with Gasteiger partial charge < -0.3 is 0 Å². The van der Waals surface area contributed by atoms with Gasteiger partial charge in [0.2, 0.25) is 0 Å². The van der Waals surface area contributed by atoms with E-state index in [1.54, 1.807) is 31.2 Å². The number of benzene rings is 2. The van der Waals surface area contributed by atoms with Gasteiger partial charge in [-0.25, -0.2) is 0 Å². The van der Waals surface area contributed by atoms with Crippen molar-refractivity contribution in [1.29, 1.82) is 0 Å². The zero-order valence-electron chi connectivity index (χ0n) is 10.1. The molecular formula is C14H10BrNO3. The molecule has 0 N–H and O–H groups in total. The Bertz CT molecular complexity index is 653. The Morgan fingerprint density at radius 2 is 1.84 bits per heavy atom. The summed E-state index contributed by atoms with van der Waals surface area (Å²) in [4.78, 5) is 22.7. The molecule has 0 aliphatic heterocycles. The van der Waals surface area contributed by atoms with Crippen LogP contribution in [0.1, 0.15) is 21.5 Å². The molecule has 0 fully saturated rings. The van der Waals surface area contributed by atoms with E-state index in [-0.39, 0.29) is 11.5 Å². The van der Waals surface area contributed by atoms with Crippen LogP contribution >= 0.6 is 15.9 Å². The Balaban J connectivity index is 2.50. The van der Waals surface area contributed by atoms with Crippen LogP contribution in [-0.2, 0) is 0 Å². The number of aryl methyl sites for hydroxylation is 1. The fourth-order valence-electron chi connectivity index (χ4n) is 1.79. The van der Waals surface area contributed by atoms with Gasteiger partial charge in [-0.3, -0.25) is 14.9 Å². The number of hydrogen-bond donors (Lipinski definition) is 0. The number of nitro benzene ring substituents is 1. The van der Waals surface area contributed by atoms with Crippen molar-refractivity contribution in [1.82, 2.24) is 0 Å². The van der Waals surface area contributed by atoms with Crippen molar-refractivity contribution < 1.29 is 9.72 Å². The summed E-state index contributed by atoms with van der Waals surface area (Å²) in [5, 5.41) is 10.8. The molecule has 0 amide bonds. The minimum absolute atomic E-state index is 0.00325. The van der Waals surface area contributed by atoms with Gasteiger partial charge in [0.05, 0.1) is 4.92 Å². The molecule has 0 heterocycles. The summed E-state index contributed by atoms with van der Waals surface area (Å²) in [7, 11) is 0. The van der Waals surface area contributed by atoms with Gasteiger partial charge in [-0.2, -0.15) is 0 Å². The lowest BCUT2D eigenvalue weighted by Crippen LogP contribution is -2.04. The first-order chi connectivity index (χ1) is 9.00. The predicted molar refractivity (Wildman–Crippen MR) is 75.4 cm³/mol. The summed E-state index contributed by atoms with van der Waals surface area (Å²) in [6.45, 7) is 1.62. The summed E-state index contributed by atoms with van der Waals surface area (Å²) in [6.07, 6.45) is 0. The van der Waals surface area contributed by atoms with Crippen molar-refractivity contribution in [3.8, 4) is 0 Å². The molecule has 0 unspecified atom stereocenters. The molecule has 0 aliphatic carbocycles. The van der Waals surface area contributed by atoms with Gasteiger partial charge in [0.1, 0.15) is 0 Å². The molecule has 0 bridgehead atoms. The molecule has 0 atom stereocenters. The van der Waals surface area contributed by atoms with E-state index in [2.05, 4.69) is 15.9 Å². The largest absolute Gasteiger partial charge is 0.289 e. The van der Waals surface area contributed by atoms with Gasteiger partial charge in [-0.1, -0.05) is 30.3 Å². The van der Waals surface area contributed by atoms with E-state index in [0.29, 0.717) is 21.2 Å². The van der Waals surface area contributed by atoms with Crippen molar-refractivity contribution >= 4 is 27.4 Å². The number of nitro groups is 1. The standard InChI is InChI=1S/C14H10BrNO3/c1-9-7-11(12(15)8-13(9)16(18)19)14(17)10-5-3-2-4-6-10/h2-8H,1H3. The van der Waals surface area contributed by atoms with Crippen LogP contribution in [0.5, 0.6) is 0 Å². The van der Waals surface area contributed by atoms with E-state index in [4.69, 9.17) is 0 Å². The maximum absolute atomic E-state index is 12.3. The fraction of sp³-hybridized carbons (Fsp3) is 0.0714. The summed E-state index contributed by atoms with van der Waals surface area (Å²) >= 11 is 3.22. The van der Waals surface area contributed by atoms with Crippen LogP contribution in [0.3, 0.4) is 0 Å². The Labute approximate surface area is 118 Å². The number of hydrogen-bond acceptors (Lipinski definition) is 3. The van der Waals surface area contributed by atoms with Crippen molar-refractivity contribution in [2.24, 2.45) is 0 Å². The second-order valence-corrected chi connectivity index (χ2v) is 4.93. The van der Waals surface area contributed by atoms with Crippen LogP contribution in [0.15, 0.2) is 46.9 Å². The highest BCUT2D eigenvalue weighted by atomic mass is 79.9. The Kier molecular flexibility index (Phi) is 3.76. The van der Waals surface area contributed by atoms with Crippen molar-refractivity contribution in [2.75, 3.05) is 0 Å². The first-order valence-electron chi connectivity index (χ1n) is 5.55. The molecule has 4 nitrogen and oxygen atoms in total. The lowest BCUT2D eigenvalue weighted by atomic mass is 10.0. The number of nitrogens with zero attached hydrogens (tertiary/aromatic N) is 1. The smallest absolute Gasteiger partial charge is 0.273 e. The fourth-order valence-corrected chi connectivity index (χ4v) is 2.30. The van der Waals surface area contributed by atoms with Gasteiger partial charge in [-0.05, 0) is 28.9 Å². The predicted octanol–water partition coefficient (Wildman–Crippen LogP) is 3.90. The van der Waals surface area contributed by atoms with E-state index in [1.165, 1.54) is 12.1 Å². The average molecular weight is 320 g/mol. The minimum Gasteiger partial charge on any atom is -0.289 e. The van der Waals surface area contributed by atoms with Gasteiger partial charge in [0, 0.05) is 27.2 Å². The molecule has 0 saturated carbocycles. The zero-order chi connectivity index (χ0) is 14.0. The molecule has 0 aromatic heterocycles. The molecule has 0 spiro atoms. The molecule has 0 aliphatic rings.